The average Bonchev–Trinajstić information content (AvgIpc) is 2.82. The number of hydrogen-bond donors (Lipinski definition) is 1. The highest BCUT2D eigenvalue weighted by molar-refractivity contribution is 6.11. The number of pyridine rings is 1. The molecule has 0 saturated heterocycles. The fraction of sp³-hybridized carbons (Fsp3) is 0.280. The van der Waals surface area contributed by atoms with E-state index in [1.54, 1.807) is 49.4 Å². The highest BCUT2D eigenvalue weighted by Crippen LogP contribution is 2.31. The number of carbonyl (C=O) groups is 3. The summed E-state index contributed by atoms with van der Waals surface area (Å²) in [6.07, 6.45) is 1.37. The van der Waals surface area contributed by atoms with Crippen LogP contribution in [0.1, 0.15) is 51.8 Å². The molecule has 0 unspecified atom stereocenters. The number of fused-ring (bicyclic) bond motifs is 1. The summed E-state index contributed by atoms with van der Waals surface area (Å²) < 4.78 is 15.3. The van der Waals surface area contributed by atoms with Crippen LogP contribution in [0.25, 0.3) is 10.9 Å². The Hall–Kier alpha value is -3.94. The average molecular weight is 450 g/mol. The summed E-state index contributed by atoms with van der Waals surface area (Å²) in [6, 6.07) is 11.7. The Labute approximate surface area is 191 Å². The highest BCUT2D eigenvalue weighted by Gasteiger charge is 2.20. The summed E-state index contributed by atoms with van der Waals surface area (Å²) in [4.78, 5) is 41.3. The van der Waals surface area contributed by atoms with Crippen LogP contribution in [0.15, 0.2) is 48.7 Å². The fourth-order valence-electron chi connectivity index (χ4n) is 3.16. The summed E-state index contributed by atoms with van der Waals surface area (Å²) >= 11 is 0. The Morgan fingerprint density at radius 3 is 2.30 bits per heavy atom. The van der Waals surface area contributed by atoms with Crippen molar-refractivity contribution in [3.63, 3.8) is 0 Å². The predicted octanol–water partition coefficient (Wildman–Crippen LogP) is 4.75. The SMILES string of the molecule is CCOC(=O)c1cnc2c(C(=O)OC)cccc2c1Nc1ccc(C(=O)OCC(C)C)cc1. The lowest BCUT2D eigenvalue weighted by Gasteiger charge is -2.15. The van der Waals surface area contributed by atoms with Crippen molar-refractivity contribution in [3.05, 3.63) is 65.4 Å². The maximum Gasteiger partial charge on any atom is 0.341 e. The minimum Gasteiger partial charge on any atom is -0.465 e. The molecule has 0 saturated carbocycles. The minimum absolute atomic E-state index is 0.200. The molecule has 0 radical (unpaired) electrons. The number of carbonyl (C=O) groups excluding carboxylic acids is 3. The molecule has 0 bridgehead atoms. The van der Waals surface area contributed by atoms with Gasteiger partial charge in [-0.25, -0.2) is 14.4 Å². The molecule has 0 spiro atoms. The van der Waals surface area contributed by atoms with E-state index in [4.69, 9.17) is 14.2 Å². The molecule has 0 amide bonds. The second kappa shape index (κ2) is 10.6. The lowest BCUT2D eigenvalue weighted by atomic mass is 10.0. The van der Waals surface area contributed by atoms with E-state index in [0.29, 0.717) is 34.4 Å². The van der Waals surface area contributed by atoms with Gasteiger partial charge in [-0.15, -0.1) is 0 Å². The second-order valence-electron chi connectivity index (χ2n) is 7.66. The van der Waals surface area contributed by atoms with E-state index in [0.717, 1.165) is 0 Å². The van der Waals surface area contributed by atoms with Gasteiger partial charge in [0.05, 0.1) is 42.7 Å². The third-order valence-corrected chi connectivity index (χ3v) is 4.74. The molecular formula is C25H26N2O6. The maximum absolute atomic E-state index is 12.6. The molecule has 8 nitrogen and oxygen atoms in total. The Bertz CT molecular complexity index is 1170. The van der Waals surface area contributed by atoms with Crippen LogP contribution in [0, 0.1) is 5.92 Å². The predicted molar refractivity (Wildman–Crippen MR) is 124 cm³/mol. The van der Waals surface area contributed by atoms with Crippen molar-refractivity contribution >= 4 is 40.2 Å². The molecule has 0 aliphatic carbocycles. The van der Waals surface area contributed by atoms with Gasteiger partial charge in [-0.1, -0.05) is 26.0 Å². The van der Waals surface area contributed by atoms with E-state index in [1.165, 1.54) is 13.3 Å². The molecular weight excluding hydrogens is 424 g/mol. The van der Waals surface area contributed by atoms with Crippen LogP contribution in [-0.2, 0) is 14.2 Å². The number of nitrogens with zero attached hydrogens (tertiary/aromatic N) is 1. The topological polar surface area (TPSA) is 104 Å². The first-order valence-corrected chi connectivity index (χ1v) is 10.6. The third kappa shape index (κ3) is 5.46. The zero-order valence-corrected chi connectivity index (χ0v) is 19.0. The number of para-hydroxylation sites is 1. The Kier molecular flexibility index (Phi) is 7.61. The van der Waals surface area contributed by atoms with Crippen LogP contribution in [0.4, 0.5) is 11.4 Å². The normalized spacial score (nSPS) is 10.7. The fourth-order valence-corrected chi connectivity index (χ4v) is 3.16. The lowest BCUT2D eigenvalue weighted by Crippen LogP contribution is -2.11. The monoisotopic (exact) mass is 450 g/mol. The van der Waals surface area contributed by atoms with Gasteiger partial charge < -0.3 is 19.5 Å². The van der Waals surface area contributed by atoms with Crippen molar-refractivity contribution < 1.29 is 28.6 Å². The number of methoxy groups -OCH3 is 1. The smallest absolute Gasteiger partial charge is 0.341 e. The minimum atomic E-state index is -0.549. The van der Waals surface area contributed by atoms with Crippen LogP contribution >= 0.6 is 0 Å². The third-order valence-electron chi connectivity index (χ3n) is 4.74. The molecule has 8 heteroatoms. The molecule has 0 atom stereocenters. The number of hydrogen-bond acceptors (Lipinski definition) is 8. The Balaban J connectivity index is 2.01. The first-order chi connectivity index (χ1) is 15.8. The standard InChI is InChI=1S/C25H26N2O6/c1-5-32-25(30)20-13-26-21-18(7-6-8-19(21)24(29)31-4)22(20)27-17-11-9-16(10-12-17)23(28)33-14-15(2)3/h6-13,15H,5,14H2,1-4H3,(H,26,27). The number of anilines is 2. The highest BCUT2D eigenvalue weighted by atomic mass is 16.5. The summed E-state index contributed by atoms with van der Waals surface area (Å²) in [7, 11) is 1.29. The van der Waals surface area contributed by atoms with Gasteiger partial charge in [-0.3, -0.25) is 4.98 Å². The van der Waals surface area contributed by atoms with Crippen LogP contribution < -0.4 is 5.32 Å². The molecule has 1 heterocycles. The molecule has 1 N–H and O–H groups in total. The van der Waals surface area contributed by atoms with Crippen LogP contribution in [0.5, 0.6) is 0 Å². The summed E-state index contributed by atoms with van der Waals surface area (Å²) in [5, 5.41) is 3.76. The number of nitrogens with one attached hydrogen (secondary N) is 1. The number of ether oxygens (including phenoxy) is 3. The lowest BCUT2D eigenvalue weighted by molar-refractivity contribution is 0.0457. The first kappa shape index (κ1) is 23.7. The Morgan fingerprint density at radius 2 is 1.67 bits per heavy atom. The largest absolute Gasteiger partial charge is 0.465 e. The zero-order chi connectivity index (χ0) is 24.0. The van der Waals surface area contributed by atoms with Gasteiger partial charge in [0.1, 0.15) is 5.56 Å². The molecule has 3 aromatic rings. The van der Waals surface area contributed by atoms with Gasteiger partial charge >= 0.3 is 17.9 Å². The van der Waals surface area contributed by atoms with E-state index in [-0.39, 0.29) is 23.7 Å². The van der Waals surface area contributed by atoms with Crippen molar-refractivity contribution in [2.24, 2.45) is 5.92 Å². The second-order valence-corrected chi connectivity index (χ2v) is 7.66. The van der Waals surface area contributed by atoms with Gasteiger partial charge in [-0.2, -0.15) is 0 Å². The number of aromatic nitrogens is 1. The van der Waals surface area contributed by atoms with Crippen LogP contribution in [0.3, 0.4) is 0 Å². The summed E-state index contributed by atoms with van der Waals surface area (Å²) in [5.41, 5.74) is 2.34. The molecule has 0 aliphatic rings. The van der Waals surface area contributed by atoms with E-state index in [2.05, 4.69) is 10.3 Å². The van der Waals surface area contributed by atoms with Crippen molar-refractivity contribution in [1.82, 2.24) is 4.98 Å². The molecule has 0 aliphatic heterocycles. The van der Waals surface area contributed by atoms with Crippen LogP contribution in [-0.4, -0.2) is 43.2 Å². The molecule has 0 fully saturated rings. The number of rotatable bonds is 8. The maximum atomic E-state index is 12.6. The molecule has 1 aromatic heterocycles. The van der Waals surface area contributed by atoms with E-state index in [1.807, 2.05) is 13.8 Å². The van der Waals surface area contributed by atoms with Crippen molar-refractivity contribution in [3.8, 4) is 0 Å². The van der Waals surface area contributed by atoms with Gasteiger partial charge in [0.15, 0.2) is 0 Å². The van der Waals surface area contributed by atoms with E-state index >= 15 is 0 Å². The number of benzene rings is 2. The first-order valence-electron chi connectivity index (χ1n) is 10.6. The summed E-state index contributed by atoms with van der Waals surface area (Å²) in [5.74, 6) is -1.25. The van der Waals surface area contributed by atoms with Gasteiger partial charge in [-0.05, 0) is 43.2 Å². The van der Waals surface area contributed by atoms with Crippen LogP contribution in [0.2, 0.25) is 0 Å². The van der Waals surface area contributed by atoms with E-state index < -0.39 is 17.9 Å². The molecule has 33 heavy (non-hydrogen) atoms. The quantitative estimate of drug-likeness (QED) is 0.387. The van der Waals surface area contributed by atoms with Crippen molar-refractivity contribution in [2.45, 2.75) is 20.8 Å². The van der Waals surface area contributed by atoms with Gasteiger partial charge in [0.2, 0.25) is 0 Å². The molecule has 3 rings (SSSR count). The van der Waals surface area contributed by atoms with Gasteiger partial charge in [0.25, 0.3) is 0 Å². The van der Waals surface area contributed by atoms with Crippen molar-refractivity contribution in [1.29, 1.82) is 0 Å². The van der Waals surface area contributed by atoms with E-state index in [9.17, 15) is 14.4 Å². The number of esters is 3. The molecule has 172 valence electrons. The molecule has 2 aromatic carbocycles. The Morgan fingerprint density at radius 1 is 0.939 bits per heavy atom. The summed E-state index contributed by atoms with van der Waals surface area (Å²) in [6.45, 7) is 6.18. The zero-order valence-electron chi connectivity index (χ0n) is 19.0. The van der Waals surface area contributed by atoms with Crippen molar-refractivity contribution in [2.75, 3.05) is 25.6 Å². The van der Waals surface area contributed by atoms with Gasteiger partial charge in [0, 0.05) is 17.3 Å².